The number of rotatable bonds is 7. The van der Waals surface area contributed by atoms with E-state index >= 15 is 0 Å². The molecule has 0 aromatic rings. The molecule has 2 unspecified atom stereocenters. The van der Waals surface area contributed by atoms with Gasteiger partial charge in [-0.1, -0.05) is 6.42 Å². The second kappa shape index (κ2) is 6.22. The predicted molar refractivity (Wildman–Crippen MR) is 78.1 cm³/mol. The van der Waals surface area contributed by atoms with Crippen LogP contribution in [-0.4, -0.2) is 43.4 Å². The van der Waals surface area contributed by atoms with Gasteiger partial charge in [0.1, 0.15) is 0 Å². The highest BCUT2D eigenvalue weighted by Gasteiger charge is 2.46. The quantitative estimate of drug-likeness (QED) is 0.668. The molecular weight excluding hydrogens is 272 g/mol. The van der Waals surface area contributed by atoms with Crippen molar-refractivity contribution in [1.29, 1.82) is 0 Å². The highest BCUT2D eigenvalue weighted by atomic mass is 16.5. The molecule has 0 aromatic carbocycles. The van der Waals surface area contributed by atoms with Crippen LogP contribution < -0.4 is 10.6 Å². The standard InChI is InChI=1S/C15H26N2O4/c1-14(12(18)19)5-3-4-11(14)17-13(20)16-10-15(6-7-15)8-9-21-2/h11H,3-10H2,1-2H3,(H,18,19)(H2,16,17,20). The molecule has 2 saturated carbocycles. The molecule has 2 amide bonds. The lowest BCUT2D eigenvalue weighted by Crippen LogP contribution is -2.51. The molecule has 2 rings (SSSR count). The average molecular weight is 298 g/mol. The van der Waals surface area contributed by atoms with Gasteiger partial charge in [0, 0.05) is 26.3 Å². The van der Waals surface area contributed by atoms with Crippen molar-refractivity contribution in [1.82, 2.24) is 10.6 Å². The van der Waals surface area contributed by atoms with Crippen LogP contribution >= 0.6 is 0 Å². The summed E-state index contributed by atoms with van der Waals surface area (Å²) in [5.41, 5.74) is -0.649. The van der Waals surface area contributed by atoms with Crippen LogP contribution in [-0.2, 0) is 9.53 Å². The summed E-state index contributed by atoms with van der Waals surface area (Å²) < 4.78 is 5.09. The topological polar surface area (TPSA) is 87.7 Å². The number of ether oxygens (including phenoxy) is 1. The molecule has 0 aliphatic heterocycles. The van der Waals surface area contributed by atoms with Crippen molar-refractivity contribution < 1.29 is 19.4 Å². The third kappa shape index (κ3) is 3.67. The molecule has 2 atom stereocenters. The summed E-state index contributed by atoms with van der Waals surface area (Å²) >= 11 is 0. The van der Waals surface area contributed by atoms with Gasteiger partial charge >= 0.3 is 12.0 Å². The van der Waals surface area contributed by atoms with Crippen LogP contribution in [0.1, 0.15) is 45.4 Å². The maximum absolute atomic E-state index is 12.0. The number of methoxy groups -OCH3 is 1. The summed E-state index contributed by atoms with van der Waals surface area (Å²) in [4.78, 5) is 23.4. The smallest absolute Gasteiger partial charge is 0.315 e. The molecule has 6 heteroatoms. The molecule has 2 fully saturated rings. The Morgan fingerprint density at radius 2 is 2.05 bits per heavy atom. The SMILES string of the molecule is COCCC1(CNC(=O)NC2CCCC2(C)C(=O)O)CC1. The molecule has 0 heterocycles. The maximum Gasteiger partial charge on any atom is 0.315 e. The number of urea groups is 1. The first-order chi connectivity index (χ1) is 9.92. The monoisotopic (exact) mass is 298 g/mol. The molecule has 3 N–H and O–H groups in total. The van der Waals surface area contributed by atoms with Crippen LogP contribution in [0.3, 0.4) is 0 Å². The molecule has 0 aromatic heterocycles. The van der Waals surface area contributed by atoms with Crippen molar-refractivity contribution in [2.75, 3.05) is 20.3 Å². The summed E-state index contributed by atoms with van der Waals surface area (Å²) in [6.45, 7) is 3.07. The van der Waals surface area contributed by atoms with Crippen LogP contribution in [0.2, 0.25) is 0 Å². The fraction of sp³-hybridized carbons (Fsp3) is 0.867. The molecule has 6 nitrogen and oxygen atoms in total. The fourth-order valence-electron chi connectivity index (χ4n) is 3.14. The third-order valence-corrected chi connectivity index (χ3v) is 5.17. The molecule has 0 bridgehead atoms. The van der Waals surface area contributed by atoms with Crippen LogP contribution in [0.25, 0.3) is 0 Å². The van der Waals surface area contributed by atoms with Gasteiger partial charge in [0.05, 0.1) is 5.41 Å². The van der Waals surface area contributed by atoms with Crippen LogP contribution in [0.4, 0.5) is 4.79 Å². The van der Waals surface area contributed by atoms with Crippen molar-refractivity contribution >= 4 is 12.0 Å². The van der Waals surface area contributed by atoms with E-state index in [0.29, 0.717) is 19.6 Å². The van der Waals surface area contributed by atoms with Gasteiger partial charge in [0.25, 0.3) is 0 Å². The lowest BCUT2D eigenvalue weighted by atomic mass is 9.85. The Hall–Kier alpha value is -1.30. The Labute approximate surface area is 125 Å². The number of carbonyl (C=O) groups is 2. The van der Waals surface area contributed by atoms with Gasteiger partial charge in [0.2, 0.25) is 0 Å². The van der Waals surface area contributed by atoms with E-state index in [4.69, 9.17) is 4.74 Å². The summed E-state index contributed by atoms with van der Waals surface area (Å²) in [6.07, 6.45) is 5.38. The van der Waals surface area contributed by atoms with E-state index in [1.807, 2.05) is 0 Å². The predicted octanol–water partition coefficient (Wildman–Crippen LogP) is 1.75. The normalized spacial score (nSPS) is 29.9. The van der Waals surface area contributed by atoms with E-state index in [-0.39, 0.29) is 17.5 Å². The van der Waals surface area contributed by atoms with Gasteiger partial charge in [0.15, 0.2) is 0 Å². The second-order valence-corrected chi connectivity index (χ2v) is 6.74. The number of hydrogen-bond donors (Lipinski definition) is 3. The maximum atomic E-state index is 12.0. The Bertz CT molecular complexity index is 408. The minimum atomic E-state index is -0.843. The first-order valence-corrected chi connectivity index (χ1v) is 7.69. The van der Waals surface area contributed by atoms with E-state index < -0.39 is 11.4 Å². The zero-order valence-electron chi connectivity index (χ0n) is 12.9. The fourth-order valence-corrected chi connectivity index (χ4v) is 3.14. The Kier molecular flexibility index (Phi) is 4.76. The zero-order chi connectivity index (χ0) is 15.5. The van der Waals surface area contributed by atoms with E-state index in [0.717, 1.165) is 32.1 Å². The molecular formula is C15H26N2O4. The highest BCUT2D eigenvalue weighted by molar-refractivity contribution is 5.79. The molecule has 0 spiro atoms. The van der Waals surface area contributed by atoms with Crippen LogP contribution in [0.15, 0.2) is 0 Å². The van der Waals surface area contributed by atoms with E-state index in [2.05, 4.69) is 10.6 Å². The lowest BCUT2D eigenvalue weighted by Gasteiger charge is -2.28. The van der Waals surface area contributed by atoms with Crippen LogP contribution in [0.5, 0.6) is 0 Å². The number of carbonyl (C=O) groups excluding carboxylic acids is 1. The van der Waals surface area contributed by atoms with E-state index in [9.17, 15) is 14.7 Å². The molecule has 0 radical (unpaired) electrons. The Morgan fingerprint density at radius 3 is 2.62 bits per heavy atom. The summed E-state index contributed by atoms with van der Waals surface area (Å²) in [6, 6.07) is -0.540. The van der Waals surface area contributed by atoms with Gasteiger partial charge in [-0.25, -0.2) is 4.79 Å². The van der Waals surface area contributed by atoms with E-state index in [1.54, 1.807) is 14.0 Å². The van der Waals surface area contributed by atoms with Crippen molar-refractivity contribution in [2.45, 2.75) is 51.5 Å². The number of carboxylic acids is 1. The second-order valence-electron chi connectivity index (χ2n) is 6.74. The number of hydrogen-bond acceptors (Lipinski definition) is 3. The van der Waals surface area contributed by atoms with E-state index in [1.165, 1.54) is 0 Å². The minimum Gasteiger partial charge on any atom is -0.481 e. The number of aliphatic carboxylic acids is 1. The zero-order valence-corrected chi connectivity index (χ0v) is 12.9. The molecule has 120 valence electrons. The van der Waals surface area contributed by atoms with Gasteiger partial charge in [-0.15, -0.1) is 0 Å². The summed E-state index contributed by atoms with van der Waals surface area (Å²) in [5, 5.41) is 15.1. The lowest BCUT2D eigenvalue weighted by molar-refractivity contribution is -0.148. The number of amides is 2. The van der Waals surface area contributed by atoms with Crippen molar-refractivity contribution in [2.24, 2.45) is 10.8 Å². The molecule has 2 aliphatic rings. The van der Waals surface area contributed by atoms with Crippen molar-refractivity contribution in [3.05, 3.63) is 0 Å². The van der Waals surface area contributed by atoms with Crippen molar-refractivity contribution in [3.8, 4) is 0 Å². The number of nitrogens with one attached hydrogen (secondary N) is 2. The summed E-state index contributed by atoms with van der Waals surface area (Å²) in [7, 11) is 1.68. The van der Waals surface area contributed by atoms with Gasteiger partial charge < -0.3 is 20.5 Å². The molecule has 2 aliphatic carbocycles. The first kappa shape index (κ1) is 16.1. The molecule has 21 heavy (non-hydrogen) atoms. The number of carboxylic acid groups (broad SMARTS) is 1. The van der Waals surface area contributed by atoms with Crippen LogP contribution in [0, 0.1) is 10.8 Å². The first-order valence-electron chi connectivity index (χ1n) is 7.69. The Morgan fingerprint density at radius 1 is 1.33 bits per heavy atom. The largest absolute Gasteiger partial charge is 0.481 e. The van der Waals surface area contributed by atoms with Gasteiger partial charge in [-0.2, -0.15) is 0 Å². The summed E-state index contributed by atoms with van der Waals surface area (Å²) in [5.74, 6) is -0.830. The Balaban J connectivity index is 1.78. The van der Waals surface area contributed by atoms with Crippen molar-refractivity contribution in [3.63, 3.8) is 0 Å². The average Bonchev–Trinajstić information content (AvgIpc) is 3.13. The van der Waals surface area contributed by atoms with Gasteiger partial charge in [-0.3, -0.25) is 4.79 Å². The molecule has 0 saturated heterocycles. The minimum absolute atomic E-state index is 0.194. The third-order valence-electron chi connectivity index (χ3n) is 5.17. The van der Waals surface area contributed by atoms with Gasteiger partial charge in [-0.05, 0) is 44.4 Å². The highest BCUT2D eigenvalue weighted by Crippen LogP contribution is 2.48.